The summed E-state index contributed by atoms with van der Waals surface area (Å²) in [5.74, 6) is 0. The molecule has 0 aliphatic carbocycles. The van der Waals surface area contributed by atoms with Crippen molar-refractivity contribution in [1.29, 1.82) is 0 Å². The van der Waals surface area contributed by atoms with Gasteiger partial charge in [-0.05, 0) is 18.6 Å². The van der Waals surface area contributed by atoms with Crippen LogP contribution in [0.5, 0.6) is 0 Å². The van der Waals surface area contributed by atoms with E-state index in [4.69, 9.17) is 0 Å². The molecule has 2 aromatic rings. The Morgan fingerprint density at radius 2 is 2.21 bits per heavy atom. The van der Waals surface area contributed by atoms with Gasteiger partial charge in [0, 0.05) is 49.7 Å². The molecule has 1 heterocycles. The number of non-ortho nitro benzene ring substituents is 1. The van der Waals surface area contributed by atoms with Crippen LogP contribution in [0, 0.1) is 17.0 Å². The lowest BCUT2D eigenvalue weighted by Gasteiger charge is -2.09. The normalized spacial score (nSPS) is 10.4. The van der Waals surface area contributed by atoms with Crippen molar-refractivity contribution in [3.05, 3.63) is 51.8 Å². The van der Waals surface area contributed by atoms with E-state index in [1.807, 2.05) is 24.7 Å². The third-order valence-corrected chi connectivity index (χ3v) is 3.05. The largest absolute Gasteiger partial charge is 0.384 e. The van der Waals surface area contributed by atoms with Crippen LogP contribution >= 0.6 is 0 Å². The number of hydrogen-bond donors (Lipinski definition) is 1. The first-order chi connectivity index (χ1) is 9.08. The molecular formula is C13H16N4O2. The summed E-state index contributed by atoms with van der Waals surface area (Å²) >= 11 is 0. The zero-order valence-corrected chi connectivity index (χ0v) is 11.0. The summed E-state index contributed by atoms with van der Waals surface area (Å²) in [5, 5.41) is 18.1. The molecule has 2 rings (SSSR count). The number of nitro groups is 1. The number of nitro benzene ring substituents is 1. The zero-order valence-electron chi connectivity index (χ0n) is 11.0. The molecule has 0 radical (unpaired) electrons. The van der Waals surface area contributed by atoms with Gasteiger partial charge in [0.2, 0.25) is 0 Å². The van der Waals surface area contributed by atoms with Crippen LogP contribution in [-0.2, 0) is 13.5 Å². The number of rotatable bonds is 5. The summed E-state index contributed by atoms with van der Waals surface area (Å²) in [5.41, 5.74) is 3.02. The molecule has 0 spiro atoms. The first kappa shape index (κ1) is 13.1. The van der Waals surface area contributed by atoms with Gasteiger partial charge in [0.25, 0.3) is 5.69 Å². The van der Waals surface area contributed by atoms with Gasteiger partial charge in [-0.25, -0.2) is 0 Å². The van der Waals surface area contributed by atoms with Gasteiger partial charge in [-0.1, -0.05) is 6.07 Å². The van der Waals surface area contributed by atoms with E-state index in [0.717, 1.165) is 23.4 Å². The fourth-order valence-corrected chi connectivity index (χ4v) is 1.89. The van der Waals surface area contributed by atoms with E-state index < -0.39 is 0 Å². The van der Waals surface area contributed by atoms with Gasteiger partial charge in [-0.2, -0.15) is 5.10 Å². The van der Waals surface area contributed by atoms with E-state index in [-0.39, 0.29) is 10.6 Å². The van der Waals surface area contributed by atoms with Gasteiger partial charge in [0.15, 0.2) is 0 Å². The second-order valence-corrected chi connectivity index (χ2v) is 4.38. The monoisotopic (exact) mass is 260 g/mol. The van der Waals surface area contributed by atoms with Crippen LogP contribution in [0.2, 0.25) is 0 Å². The number of aryl methyl sites for hydroxylation is 2. The van der Waals surface area contributed by atoms with Gasteiger partial charge in [-0.3, -0.25) is 14.8 Å². The minimum Gasteiger partial charge on any atom is -0.384 e. The Bertz CT molecular complexity index is 592. The zero-order chi connectivity index (χ0) is 13.8. The molecule has 0 unspecified atom stereocenters. The van der Waals surface area contributed by atoms with Crippen LogP contribution in [0.1, 0.15) is 11.3 Å². The molecule has 1 aromatic carbocycles. The highest BCUT2D eigenvalue weighted by molar-refractivity contribution is 5.56. The summed E-state index contributed by atoms with van der Waals surface area (Å²) in [6.45, 7) is 2.64. The molecule has 0 atom stereocenters. The lowest BCUT2D eigenvalue weighted by atomic mass is 10.1. The van der Waals surface area contributed by atoms with Crippen molar-refractivity contribution in [3.63, 3.8) is 0 Å². The molecule has 6 heteroatoms. The Hall–Kier alpha value is -2.37. The van der Waals surface area contributed by atoms with Crippen LogP contribution in [0.15, 0.2) is 30.5 Å². The Kier molecular flexibility index (Phi) is 3.79. The fourth-order valence-electron chi connectivity index (χ4n) is 1.89. The van der Waals surface area contributed by atoms with Crippen molar-refractivity contribution in [3.8, 4) is 0 Å². The lowest BCUT2D eigenvalue weighted by Crippen LogP contribution is -2.09. The molecule has 0 fully saturated rings. The van der Waals surface area contributed by atoms with E-state index in [1.165, 1.54) is 6.07 Å². The van der Waals surface area contributed by atoms with Crippen molar-refractivity contribution in [2.75, 3.05) is 11.9 Å². The molecule has 0 aliphatic heterocycles. The van der Waals surface area contributed by atoms with Crippen LogP contribution in [0.4, 0.5) is 11.4 Å². The Labute approximate surface area is 111 Å². The topological polar surface area (TPSA) is 73.0 Å². The van der Waals surface area contributed by atoms with E-state index >= 15 is 0 Å². The highest BCUT2D eigenvalue weighted by Crippen LogP contribution is 2.21. The predicted molar refractivity (Wildman–Crippen MR) is 73.2 cm³/mol. The summed E-state index contributed by atoms with van der Waals surface area (Å²) in [6, 6.07) is 6.80. The van der Waals surface area contributed by atoms with E-state index in [0.29, 0.717) is 6.54 Å². The molecule has 1 N–H and O–H groups in total. The molecule has 0 amide bonds. The van der Waals surface area contributed by atoms with E-state index in [9.17, 15) is 10.1 Å². The van der Waals surface area contributed by atoms with Crippen molar-refractivity contribution in [2.24, 2.45) is 7.05 Å². The first-order valence-electron chi connectivity index (χ1n) is 6.03. The molecule has 19 heavy (non-hydrogen) atoms. The Morgan fingerprint density at radius 3 is 2.84 bits per heavy atom. The van der Waals surface area contributed by atoms with Gasteiger partial charge in [-0.15, -0.1) is 0 Å². The third-order valence-electron chi connectivity index (χ3n) is 3.05. The minimum atomic E-state index is -0.383. The van der Waals surface area contributed by atoms with Gasteiger partial charge >= 0.3 is 0 Å². The lowest BCUT2D eigenvalue weighted by molar-refractivity contribution is -0.384. The number of nitrogens with zero attached hydrogens (tertiary/aromatic N) is 3. The minimum absolute atomic E-state index is 0.105. The smallest absolute Gasteiger partial charge is 0.271 e. The highest BCUT2D eigenvalue weighted by Gasteiger charge is 2.08. The number of aromatic nitrogens is 2. The maximum absolute atomic E-state index is 10.7. The molecular weight excluding hydrogens is 244 g/mol. The van der Waals surface area contributed by atoms with Crippen molar-refractivity contribution < 1.29 is 4.92 Å². The third kappa shape index (κ3) is 3.09. The average Bonchev–Trinajstić information content (AvgIpc) is 2.77. The maximum atomic E-state index is 10.7. The predicted octanol–water partition coefficient (Wildman–Crippen LogP) is 2.29. The standard InChI is InChI=1S/C13H16N4O2/c1-10-3-4-12(17(18)19)9-13(10)14-7-5-11-6-8-15-16(11)2/h3-4,6,8-9,14H,5,7H2,1-2H3. The second-order valence-electron chi connectivity index (χ2n) is 4.38. The van der Waals surface area contributed by atoms with Gasteiger partial charge in [0.1, 0.15) is 0 Å². The molecule has 0 saturated heterocycles. The molecule has 0 aliphatic rings. The van der Waals surface area contributed by atoms with Gasteiger partial charge in [0.05, 0.1) is 4.92 Å². The molecule has 100 valence electrons. The van der Waals surface area contributed by atoms with Crippen LogP contribution in [-0.4, -0.2) is 21.2 Å². The number of nitrogens with one attached hydrogen (secondary N) is 1. The Morgan fingerprint density at radius 1 is 1.42 bits per heavy atom. The average molecular weight is 260 g/mol. The fraction of sp³-hybridized carbons (Fsp3) is 0.308. The van der Waals surface area contributed by atoms with E-state index in [2.05, 4.69) is 10.4 Å². The highest BCUT2D eigenvalue weighted by atomic mass is 16.6. The second kappa shape index (κ2) is 5.51. The molecule has 1 aromatic heterocycles. The molecule has 6 nitrogen and oxygen atoms in total. The molecule has 0 saturated carbocycles. The van der Waals surface area contributed by atoms with Crippen LogP contribution in [0.3, 0.4) is 0 Å². The number of benzene rings is 1. The quantitative estimate of drug-likeness (QED) is 0.661. The molecule has 0 bridgehead atoms. The first-order valence-corrected chi connectivity index (χ1v) is 6.03. The number of hydrogen-bond acceptors (Lipinski definition) is 4. The summed E-state index contributed by atoms with van der Waals surface area (Å²) in [4.78, 5) is 10.4. The summed E-state index contributed by atoms with van der Waals surface area (Å²) < 4.78 is 1.82. The number of anilines is 1. The van der Waals surface area contributed by atoms with Crippen molar-refractivity contribution >= 4 is 11.4 Å². The van der Waals surface area contributed by atoms with Gasteiger partial charge < -0.3 is 5.32 Å². The van der Waals surface area contributed by atoms with Crippen molar-refractivity contribution in [2.45, 2.75) is 13.3 Å². The van der Waals surface area contributed by atoms with Crippen molar-refractivity contribution in [1.82, 2.24) is 9.78 Å². The summed E-state index contributed by atoms with van der Waals surface area (Å²) in [7, 11) is 1.90. The van der Waals surface area contributed by atoms with Crippen LogP contribution in [0.25, 0.3) is 0 Å². The Balaban J connectivity index is 2.01. The summed E-state index contributed by atoms with van der Waals surface area (Å²) in [6.07, 6.45) is 2.58. The SMILES string of the molecule is Cc1ccc([N+](=O)[O-])cc1NCCc1ccnn1C. The van der Waals surface area contributed by atoms with Crippen LogP contribution < -0.4 is 5.32 Å². The van der Waals surface area contributed by atoms with E-state index in [1.54, 1.807) is 18.3 Å². The maximum Gasteiger partial charge on any atom is 0.271 e.